The molecule has 0 spiro atoms. The number of aromatic nitrogens is 3. The summed E-state index contributed by atoms with van der Waals surface area (Å²) in [6.45, 7) is 14.2. The van der Waals surface area contributed by atoms with E-state index in [4.69, 9.17) is 28.2 Å². The Morgan fingerprint density at radius 3 is 0.882 bits per heavy atom. The first kappa shape index (κ1) is 84.1. The van der Waals surface area contributed by atoms with Gasteiger partial charge in [0.05, 0.1) is 0 Å². The molecule has 0 radical (unpaired) electrons. The molecule has 3 aromatic heterocycles. The summed E-state index contributed by atoms with van der Waals surface area (Å²) in [6.07, 6.45) is 0. The third-order valence-corrected chi connectivity index (χ3v) is 31.4. The number of benzene rings is 24. The highest BCUT2D eigenvalue weighted by Crippen LogP contribution is 2.57. The van der Waals surface area contributed by atoms with Crippen molar-refractivity contribution >= 4 is 130 Å². The third-order valence-electron chi connectivity index (χ3n) is 31.4. The van der Waals surface area contributed by atoms with Gasteiger partial charge in [0.15, 0.2) is 16.7 Å². The van der Waals surface area contributed by atoms with Crippen molar-refractivity contribution in [3.8, 4) is 135 Å². The van der Waals surface area contributed by atoms with Crippen LogP contribution in [0.1, 0.15) is 74.9 Å². The monoisotopic (exact) mass is 1840 g/mol. The van der Waals surface area contributed by atoms with Gasteiger partial charge in [-0.3, -0.25) is 0 Å². The number of oxazole rings is 3. The molecule has 0 N–H and O–H groups in total. The molecule has 0 amide bonds. The summed E-state index contributed by atoms with van der Waals surface area (Å²) in [5.74, 6) is 1.94. The minimum absolute atomic E-state index is 0.0753. The van der Waals surface area contributed by atoms with Crippen molar-refractivity contribution in [2.24, 2.45) is 0 Å². The van der Waals surface area contributed by atoms with Gasteiger partial charge in [0.25, 0.3) is 0 Å². The molecule has 6 nitrogen and oxygen atoms in total. The normalized spacial score (nSPS) is 13.4. The van der Waals surface area contributed by atoms with Gasteiger partial charge in [-0.15, -0.1) is 0 Å². The van der Waals surface area contributed by atoms with Crippen LogP contribution in [-0.2, 0) is 16.2 Å². The first-order valence-electron chi connectivity index (χ1n) is 49.9. The number of rotatable bonds is 9. The molecule has 0 bridgehead atoms. The van der Waals surface area contributed by atoms with Crippen LogP contribution in [0, 0.1) is 0 Å². The molecular weight excluding hydrogens is 1750 g/mol. The lowest BCUT2D eigenvalue weighted by atomic mass is 9.79. The molecule has 0 fully saturated rings. The van der Waals surface area contributed by atoms with Gasteiger partial charge in [-0.05, 0) is 336 Å². The summed E-state index contributed by atoms with van der Waals surface area (Å²) < 4.78 is 19.5. The molecule has 6 heteroatoms. The highest BCUT2D eigenvalue weighted by atomic mass is 16.4. The number of nitrogens with zero attached hydrogens (tertiary/aromatic N) is 3. The average molecular weight is 1840 g/mol. The molecule has 3 aliphatic carbocycles. The van der Waals surface area contributed by atoms with Gasteiger partial charge in [0.2, 0.25) is 17.7 Å². The Morgan fingerprint density at radius 2 is 0.444 bits per heavy atom. The zero-order valence-electron chi connectivity index (χ0n) is 80.4. The highest BCUT2D eigenvalue weighted by molar-refractivity contribution is 6.22. The van der Waals surface area contributed by atoms with Crippen LogP contribution in [0.2, 0.25) is 0 Å². The molecular formula is C138H93N3O3. The molecule has 3 aliphatic rings. The number of fused-ring (bicyclic) bond motifs is 29. The van der Waals surface area contributed by atoms with Gasteiger partial charge in [-0.1, -0.05) is 375 Å². The van der Waals surface area contributed by atoms with E-state index in [1.165, 1.54) is 198 Å². The maximum atomic E-state index is 6.49. The van der Waals surface area contributed by atoms with E-state index in [1.807, 2.05) is 91.0 Å². The first-order chi connectivity index (χ1) is 70.6. The first-order valence-corrected chi connectivity index (χ1v) is 49.9. The standard InChI is InChI=1S/3C46H31NO/c1-46(2)40-27-35(20-22-37(40)38-23-19-28-9-6-7-14-36(28)43(38)46)33-13-8-12-32(25-33)34-18-16-29-15-17-30-21-24-41-44(42(30)39(29)26-34)48-45(47-41)31-10-4-3-5-11-31;1-46(2)39-23-20-28-9-6-7-14-36(28)43(39)37-22-19-35(27-40(37)46)33-13-8-12-32(25-33)34-18-16-29-15-17-30-21-24-41-44(42(30)38(29)26-34)48-45(47-41)31-10-4-3-5-11-31;1-46(2)40-27-36(19-21-37(40)39-25-33-11-6-7-12-34(33)26-41(39)46)32-14-8-13-31(23-32)35-18-16-28-15-17-29-20-22-42-44(43(29)38(28)24-35)48-45(47-42)30-9-4-3-5-10-30/h3*3-27H,1-2H3. The van der Waals surface area contributed by atoms with E-state index in [0.717, 1.165) is 82.3 Å². The molecule has 0 unspecified atom stereocenters. The number of hydrogen-bond donors (Lipinski definition) is 0. The zero-order valence-corrected chi connectivity index (χ0v) is 80.4. The van der Waals surface area contributed by atoms with Gasteiger partial charge in [-0.25, -0.2) is 15.0 Å². The van der Waals surface area contributed by atoms with E-state index in [9.17, 15) is 0 Å². The van der Waals surface area contributed by atoms with Gasteiger partial charge in [-0.2, -0.15) is 0 Å². The zero-order chi connectivity index (χ0) is 96.0. The van der Waals surface area contributed by atoms with Crippen LogP contribution in [0.25, 0.3) is 265 Å². The van der Waals surface area contributed by atoms with Crippen molar-refractivity contribution in [3.63, 3.8) is 0 Å². The van der Waals surface area contributed by atoms with Crippen molar-refractivity contribution in [1.82, 2.24) is 15.0 Å². The second-order valence-electron chi connectivity index (χ2n) is 40.8. The van der Waals surface area contributed by atoms with Crippen LogP contribution in [0.5, 0.6) is 0 Å². The van der Waals surface area contributed by atoms with Crippen LogP contribution >= 0.6 is 0 Å². The maximum absolute atomic E-state index is 6.49. The quantitative estimate of drug-likeness (QED) is 0.134. The second-order valence-corrected chi connectivity index (χ2v) is 40.8. The van der Waals surface area contributed by atoms with Crippen LogP contribution in [0.4, 0.5) is 0 Å². The Bertz CT molecular complexity index is 10000. The van der Waals surface area contributed by atoms with E-state index in [2.05, 4.69) is 406 Å². The molecule has 3 heterocycles. The van der Waals surface area contributed by atoms with E-state index in [-0.39, 0.29) is 16.2 Å². The molecule has 144 heavy (non-hydrogen) atoms. The molecule has 0 saturated heterocycles. The topological polar surface area (TPSA) is 78.1 Å². The fourth-order valence-electron chi connectivity index (χ4n) is 23.9. The smallest absolute Gasteiger partial charge is 0.227 e. The predicted octanol–water partition coefficient (Wildman–Crippen LogP) is 37.8. The third kappa shape index (κ3) is 13.6. The van der Waals surface area contributed by atoms with E-state index in [0.29, 0.717) is 17.7 Å². The van der Waals surface area contributed by atoms with Crippen molar-refractivity contribution < 1.29 is 13.3 Å². The highest BCUT2D eigenvalue weighted by Gasteiger charge is 2.40. The van der Waals surface area contributed by atoms with Gasteiger partial charge >= 0.3 is 0 Å². The SMILES string of the molecule is CC1(C)c2cc(-c3cccc(-c4ccc5ccc6ccc7nc(-c8ccccc8)oc7c6c5c4)c3)ccc2-c2c1ccc1ccccc21.CC1(C)c2cc(-c3cccc(-c4ccc5ccc6ccc7nc(-c8ccccc8)oc7c6c5c4)c3)ccc2-c2cc3ccccc3cc21.CC1(C)c2cc(-c3cccc(-c4ccc5ccc6ccc7nc(-c8ccccc8)oc7c6c5c4)c3)ccc2-c2ccc3ccccc3c21. The maximum Gasteiger partial charge on any atom is 0.227 e. The van der Waals surface area contributed by atoms with E-state index >= 15 is 0 Å². The average Bonchev–Trinajstić information content (AvgIpc) is 1.60. The van der Waals surface area contributed by atoms with Crippen molar-refractivity contribution in [2.75, 3.05) is 0 Å². The van der Waals surface area contributed by atoms with Crippen molar-refractivity contribution in [1.29, 1.82) is 0 Å². The summed E-state index contributed by atoms with van der Waals surface area (Å²) in [6, 6.07) is 165. The molecule has 24 aromatic carbocycles. The summed E-state index contributed by atoms with van der Waals surface area (Å²) in [7, 11) is 0. The minimum Gasteiger partial charge on any atom is -0.435 e. The Morgan fingerprint density at radius 1 is 0.167 bits per heavy atom. The van der Waals surface area contributed by atoms with Gasteiger partial charge < -0.3 is 13.3 Å². The fraction of sp³-hybridized carbons (Fsp3) is 0.0652. The van der Waals surface area contributed by atoms with Crippen LogP contribution in [0.15, 0.2) is 468 Å². The molecule has 678 valence electrons. The molecule has 27 aromatic rings. The molecule has 0 saturated carbocycles. The Labute approximate surface area is 833 Å². The van der Waals surface area contributed by atoms with Crippen LogP contribution in [-0.4, -0.2) is 15.0 Å². The summed E-state index contributed by atoms with van der Waals surface area (Å²) >= 11 is 0. The number of hydrogen-bond acceptors (Lipinski definition) is 6. The predicted molar refractivity (Wildman–Crippen MR) is 601 cm³/mol. The second kappa shape index (κ2) is 32.6. The summed E-state index contributed by atoms with van der Waals surface area (Å²) in [5, 5.41) is 21.7. The minimum atomic E-state index is -0.0923. The van der Waals surface area contributed by atoms with Crippen LogP contribution < -0.4 is 0 Å². The molecule has 0 aliphatic heterocycles. The summed E-state index contributed by atoms with van der Waals surface area (Å²) in [5.41, 5.74) is 38.8. The Hall–Kier alpha value is -18.0. The Kier molecular flexibility index (Phi) is 19.0. The van der Waals surface area contributed by atoms with E-state index in [1.54, 1.807) is 0 Å². The fourth-order valence-corrected chi connectivity index (χ4v) is 23.9. The van der Waals surface area contributed by atoms with Crippen molar-refractivity contribution in [2.45, 2.75) is 57.8 Å². The van der Waals surface area contributed by atoms with Crippen molar-refractivity contribution in [3.05, 3.63) is 488 Å². The lowest BCUT2D eigenvalue weighted by Gasteiger charge is -2.23. The lowest BCUT2D eigenvalue weighted by Crippen LogP contribution is -2.15. The van der Waals surface area contributed by atoms with E-state index < -0.39 is 0 Å². The summed E-state index contributed by atoms with van der Waals surface area (Å²) in [4.78, 5) is 14.6. The van der Waals surface area contributed by atoms with Gasteiger partial charge in [0, 0.05) is 49.1 Å². The Balaban J connectivity index is 0.000000105. The lowest BCUT2D eigenvalue weighted by molar-refractivity contribution is 0.623. The largest absolute Gasteiger partial charge is 0.435 e. The van der Waals surface area contributed by atoms with Gasteiger partial charge in [0.1, 0.15) is 16.6 Å². The molecule has 30 rings (SSSR count). The van der Waals surface area contributed by atoms with Crippen LogP contribution in [0.3, 0.4) is 0 Å². The molecule has 0 atom stereocenters.